The van der Waals surface area contributed by atoms with Gasteiger partial charge in [-0.15, -0.1) is 0 Å². The van der Waals surface area contributed by atoms with E-state index in [1.54, 1.807) is 12.4 Å². The smallest absolute Gasteiger partial charge is 0.384 e. The fourth-order valence-corrected chi connectivity index (χ4v) is 5.04. The number of rotatable bonds is 8. The van der Waals surface area contributed by atoms with Gasteiger partial charge in [0.15, 0.2) is 5.82 Å². The zero-order valence-electron chi connectivity index (χ0n) is 22.8. The number of nitrogens with one attached hydrogen (secondary N) is 2. The van der Waals surface area contributed by atoms with Gasteiger partial charge in [0.2, 0.25) is 11.9 Å². The first-order chi connectivity index (χ1) is 20.1. The maximum Gasteiger partial charge on any atom is 0.436 e. The second-order valence-corrected chi connectivity index (χ2v) is 9.92. The monoisotopic (exact) mass is 562 g/mol. The Morgan fingerprint density at radius 1 is 0.976 bits per heavy atom. The Morgan fingerprint density at radius 2 is 1.71 bits per heavy atom. The van der Waals surface area contributed by atoms with Crippen LogP contribution in [0.25, 0.3) is 11.3 Å². The normalized spacial score (nSPS) is 17.3. The quantitative estimate of drug-likeness (QED) is 0.364. The van der Waals surface area contributed by atoms with Crippen molar-refractivity contribution in [3.8, 4) is 11.3 Å². The highest BCUT2D eigenvalue weighted by molar-refractivity contribution is 5.86. The van der Waals surface area contributed by atoms with Gasteiger partial charge in [-0.05, 0) is 24.6 Å². The standard InChI is InChI=1S/C27H34N10O4/c28-25-30-17-19(18-31-25)23-22-4-6-37(24(22)34-26(33-23)36-10-14-40-15-11-36)41-27(38)32-21-3-1-2-20(16-21)29-5-7-35-8-12-39-13-9-35/h1-3,16-18,29H,4-15H2,(H,32,38)(H2,28,30,31). The summed E-state index contributed by atoms with van der Waals surface area (Å²) < 4.78 is 10.9. The van der Waals surface area contributed by atoms with Gasteiger partial charge in [-0.3, -0.25) is 10.2 Å². The van der Waals surface area contributed by atoms with Gasteiger partial charge in [-0.2, -0.15) is 10.0 Å². The average molecular weight is 563 g/mol. The van der Waals surface area contributed by atoms with Gasteiger partial charge in [0.1, 0.15) is 0 Å². The van der Waals surface area contributed by atoms with Gasteiger partial charge < -0.3 is 30.3 Å². The Kier molecular flexibility index (Phi) is 8.21. The maximum absolute atomic E-state index is 13.0. The van der Waals surface area contributed by atoms with Crippen LogP contribution in [0.5, 0.6) is 0 Å². The van der Waals surface area contributed by atoms with E-state index in [9.17, 15) is 4.79 Å². The number of carbonyl (C=O) groups excluding carboxylic acids is 1. The van der Waals surface area contributed by atoms with E-state index in [1.165, 1.54) is 5.06 Å². The third kappa shape index (κ3) is 6.56. The van der Waals surface area contributed by atoms with E-state index in [-0.39, 0.29) is 5.95 Å². The van der Waals surface area contributed by atoms with E-state index < -0.39 is 6.09 Å². The van der Waals surface area contributed by atoms with Gasteiger partial charge in [-0.1, -0.05) is 6.07 Å². The number of morpholine rings is 2. The van der Waals surface area contributed by atoms with Crippen LogP contribution in [0.2, 0.25) is 0 Å². The summed E-state index contributed by atoms with van der Waals surface area (Å²) >= 11 is 0. The molecule has 3 aromatic rings. The zero-order chi connectivity index (χ0) is 28.0. The van der Waals surface area contributed by atoms with Crippen LogP contribution in [0.1, 0.15) is 5.56 Å². The SMILES string of the molecule is Nc1ncc(-c2nc(N3CCOCC3)nc3c2CCN3OC(=O)Nc2cccc(NCCN3CCOCC3)c2)cn1. The van der Waals surface area contributed by atoms with E-state index >= 15 is 0 Å². The number of anilines is 5. The Labute approximate surface area is 237 Å². The lowest BCUT2D eigenvalue weighted by Crippen LogP contribution is -2.39. The molecule has 2 aromatic heterocycles. The largest absolute Gasteiger partial charge is 0.436 e. The Morgan fingerprint density at radius 3 is 2.49 bits per heavy atom. The number of hydrogen-bond donors (Lipinski definition) is 3. The minimum absolute atomic E-state index is 0.186. The zero-order valence-corrected chi connectivity index (χ0v) is 22.8. The number of carbonyl (C=O) groups is 1. The molecule has 0 unspecified atom stereocenters. The predicted molar refractivity (Wildman–Crippen MR) is 154 cm³/mol. The Bertz CT molecular complexity index is 1350. The number of amides is 1. The summed E-state index contributed by atoms with van der Waals surface area (Å²) in [6, 6.07) is 7.57. The first-order valence-electron chi connectivity index (χ1n) is 13.8. The number of nitrogens with zero attached hydrogens (tertiary/aromatic N) is 7. The average Bonchev–Trinajstić information content (AvgIpc) is 3.40. The van der Waals surface area contributed by atoms with Crippen molar-refractivity contribution in [1.82, 2.24) is 24.8 Å². The number of hydroxylamine groups is 1. The van der Waals surface area contributed by atoms with Gasteiger partial charge in [0, 0.05) is 74.2 Å². The molecule has 14 heteroatoms. The van der Waals surface area contributed by atoms with Crippen molar-refractivity contribution >= 4 is 35.2 Å². The third-order valence-corrected chi connectivity index (χ3v) is 7.18. The summed E-state index contributed by atoms with van der Waals surface area (Å²) in [4.78, 5) is 41.1. The van der Waals surface area contributed by atoms with Crippen LogP contribution in [-0.4, -0.2) is 103 Å². The van der Waals surface area contributed by atoms with Crippen LogP contribution < -0.4 is 26.3 Å². The molecule has 0 bridgehead atoms. The fourth-order valence-electron chi connectivity index (χ4n) is 5.04. The van der Waals surface area contributed by atoms with Crippen LogP contribution in [0.3, 0.4) is 0 Å². The molecule has 14 nitrogen and oxygen atoms in total. The number of aromatic nitrogens is 4. The van der Waals surface area contributed by atoms with Crippen molar-refractivity contribution in [3.63, 3.8) is 0 Å². The van der Waals surface area contributed by atoms with E-state index in [0.717, 1.165) is 56.2 Å². The predicted octanol–water partition coefficient (Wildman–Crippen LogP) is 1.62. The lowest BCUT2D eigenvalue weighted by Gasteiger charge is -2.28. The number of benzene rings is 1. The summed E-state index contributed by atoms with van der Waals surface area (Å²) in [5.74, 6) is 1.26. The number of fused-ring (bicyclic) bond motifs is 1. The summed E-state index contributed by atoms with van der Waals surface area (Å²) in [6.45, 7) is 8.11. The van der Waals surface area contributed by atoms with Crippen molar-refractivity contribution in [2.45, 2.75) is 6.42 Å². The van der Waals surface area contributed by atoms with Crippen LogP contribution in [0.15, 0.2) is 36.7 Å². The van der Waals surface area contributed by atoms with Crippen LogP contribution in [0, 0.1) is 0 Å². The minimum atomic E-state index is -0.604. The topological polar surface area (TPSA) is 156 Å². The molecule has 2 saturated heterocycles. The van der Waals surface area contributed by atoms with Crippen LogP contribution in [-0.2, 0) is 20.7 Å². The second-order valence-electron chi connectivity index (χ2n) is 9.92. The van der Waals surface area contributed by atoms with Gasteiger partial charge in [-0.25, -0.2) is 19.7 Å². The molecule has 4 N–H and O–H groups in total. The molecule has 0 saturated carbocycles. The number of nitrogen functional groups attached to an aromatic ring is 1. The van der Waals surface area contributed by atoms with E-state index in [4.69, 9.17) is 30.0 Å². The van der Waals surface area contributed by atoms with Crippen molar-refractivity contribution in [2.24, 2.45) is 0 Å². The molecular weight excluding hydrogens is 528 g/mol. The first kappa shape index (κ1) is 26.9. The number of hydrogen-bond acceptors (Lipinski definition) is 13. The van der Waals surface area contributed by atoms with Crippen molar-refractivity contribution in [3.05, 3.63) is 42.2 Å². The number of ether oxygens (including phenoxy) is 2. The van der Waals surface area contributed by atoms with E-state index in [1.807, 2.05) is 24.3 Å². The molecule has 3 aliphatic rings. The molecule has 3 aliphatic heterocycles. The Hall–Kier alpha value is -4.27. The molecule has 41 heavy (non-hydrogen) atoms. The van der Waals surface area contributed by atoms with Crippen molar-refractivity contribution in [1.29, 1.82) is 0 Å². The molecule has 0 atom stereocenters. The maximum atomic E-state index is 13.0. The van der Waals surface area contributed by atoms with Crippen LogP contribution >= 0.6 is 0 Å². The molecule has 5 heterocycles. The summed E-state index contributed by atoms with van der Waals surface area (Å²) in [5, 5.41) is 7.77. The van der Waals surface area contributed by atoms with Gasteiger partial charge in [0.05, 0.1) is 38.7 Å². The molecular formula is C27H34N10O4. The van der Waals surface area contributed by atoms with Crippen molar-refractivity contribution in [2.75, 3.05) is 98.6 Å². The summed E-state index contributed by atoms with van der Waals surface area (Å²) in [6.07, 6.45) is 3.28. The molecule has 2 fully saturated rings. The molecule has 1 amide bonds. The second kappa shape index (κ2) is 12.5. The van der Waals surface area contributed by atoms with Gasteiger partial charge >= 0.3 is 6.09 Å². The first-order valence-corrected chi connectivity index (χ1v) is 13.8. The minimum Gasteiger partial charge on any atom is -0.384 e. The molecule has 0 spiro atoms. The van der Waals surface area contributed by atoms with Crippen molar-refractivity contribution < 1.29 is 19.1 Å². The highest BCUT2D eigenvalue weighted by Gasteiger charge is 2.31. The van der Waals surface area contributed by atoms with E-state index in [2.05, 4.69) is 30.4 Å². The summed E-state index contributed by atoms with van der Waals surface area (Å²) in [7, 11) is 0. The molecule has 6 rings (SSSR count). The third-order valence-electron chi connectivity index (χ3n) is 7.18. The molecule has 0 radical (unpaired) electrons. The number of nitrogens with two attached hydrogens (primary N) is 1. The lowest BCUT2D eigenvalue weighted by molar-refractivity contribution is 0.0398. The van der Waals surface area contributed by atoms with Crippen LogP contribution in [0.4, 0.5) is 33.9 Å². The van der Waals surface area contributed by atoms with E-state index in [0.29, 0.717) is 62.4 Å². The molecule has 0 aliphatic carbocycles. The highest BCUT2D eigenvalue weighted by Crippen LogP contribution is 2.35. The van der Waals surface area contributed by atoms with Gasteiger partial charge in [0.25, 0.3) is 0 Å². The Balaban J connectivity index is 1.14. The lowest BCUT2D eigenvalue weighted by atomic mass is 10.1. The fraction of sp³-hybridized carbons (Fsp3) is 0.444. The molecule has 216 valence electrons. The highest BCUT2D eigenvalue weighted by atomic mass is 16.7. The summed E-state index contributed by atoms with van der Waals surface area (Å²) in [5.41, 5.74) is 9.52. The molecule has 1 aromatic carbocycles.